The van der Waals surface area contributed by atoms with Crippen molar-refractivity contribution in [1.82, 2.24) is 14.1 Å². The second kappa shape index (κ2) is 22.8. The van der Waals surface area contributed by atoms with Gasteiger partial charge in [0, 0.05) is 62.2 Å². The van der Waals surface area contributed by atoms with Gasteiger partial charge in [-0.2, -0.15) is 18.2 Å². The first-order valence-electron chi connectivity index (χ1n) is 41.3. The van der Waals surface area contributed by atoms with Crippen LogP contribution >= 0.6 is 0 Å². The Labute approximate surface area is 560 Å². The zero-order valence-electron chi connectivity index (χ0n) is 74.9. The first kappa shape index (κ1) is 31.6. The van der Waals surface area contributed by atoms with Crippen molar-refractivity contribution in [2.24, 2.45) is 0 Å². The van der Waals surface area contributed by atoms with Gasteiger partial charge in [-0.25, -0.2) is 4.98 Å². The SMILES string of the molecule is [2H]c1c([2H])c([2H])c(-c2cnc(-n3c4[c-]c(Oc5[c-]c(-n6[c-][n+](-c7c(-c8cccc(C(C)(C)C)c8)cccc7[Si](c7c([2H])c([2H])c([2H])c([2H])c7[2H])(c7c([2H])c([2H])c([2H])c([2H])c7[2H])c7c([2H])c([2H])c([2H])c([2H])c7[2H])c7ccc(-c8c(C([2H])([2H])[2H])cccc8C([2H])([2H])[2H])cc76)ccc5)ccc4c4ccccc43)cc2C([2H])([2H])[2H])c([2H])c1[2H].[Pt]. The summed E-state index contributed by atoms with van der Waals surface area (Å²) < 4.78 is 276. The Morgan fingerprint density at radius 2 is 1.17 bits per heavy atom. The molecule has 0 radical (unpaired) electrons. The van der Waals surface area contributed by atoms with Gasteiger partial charge < -0.3 is 13.9 Å². The van der Waals surface area contributed by atoms with Crippen LogP contribution in [0.4, 0.5) is 0 Å². The summed E-state index contributed by atoms with van der Waals surface area (Å²) in [4.78, 5) is 4.69. The van der Waals surface area contributed by atoms with Gasteiger partial charge in [-0.1, -0.05) is 238 Å². The number of ether oxygens (including phenoxy) is 1. The van der Waals surface area contributed by atoms with Crippen LogP contribution in [-0.4, -0.2) is 22.2 Å². The number of benzene rings is 11. The van der Waals surface area contributed by atoms with Crippen molar-refractivity contribution >= 4 is 61.7 Å². The second-order valence-electron chi connectivity index (χ2n) is 21.0. The molecule has 3 aromatic heterocycles. The van der Waals surface area contributed by atoms with Crippen LogP contribution in [-0.2, 0) is 26.5 Å². The summed E-state index contributed by atoms with van der Waals surface area (Å²) in [5, 5.41) is -1.40. The van der Waals surface area contributed by atoms with Crippen molar-refractivity contribution in [1.29, 1.82) is 0 Å². The number of fused-ring (bicyclic) bond motifs is 4. The molecular formula is C79H62N4OPtSi-2. The van der Waals surface area contributed by atoms with Crippen molar-refractivity contribution in [3.63, 3.8) is 0 Å². The minimum absolute atomic E-state index is 0. The first-order chi connectivity index (χ1) is 53.4. The third-order valence-electron chi connectivity index (χ3n) is 15.0. The van der Waals surface area contributed by atoms with Crippen molar-refractivity contribution in [3.05, 3.63) is 307 Å². The van der Waals surface area contributed by atoms with Gasteiger partial charge in [-0.05, 0) is 126 Å². The van der Waals surface area contributed by atoms with E-state index in [-0.39, 0.29) is 110 Å². The zero-order chi connectivity index (χ0) is 82.7. The number of hydrogen-bond acceptors (Lipinski definition) is 2. The molecule has 0 amide bonds. The Hall–Kier alpha value is -9.45. The maximum atomic E-state index is 10.1. The molecule has 7 heteroatoms. The predicted molar refractivity (Wildman–Crippen MR) is 353 cm³/mol. The molecule has 3 heterocycles. The zero-order valence-corrected chi connectivity index (χ0v) is 49.1. The Morgan fingerprint density at radius 1 is 0.535 bits per heavy atom. The summed E-state index contributed by atoms with van der Waals surface area (Å²) >= 11 is 0. The molecule has 0 aliphatic carbocycles. The Morgan fingerprint density at radius 3 is 1.86 bits per heavy atom. The molecule has 11 aromatic carbocycles. The molecule has 0 fully saturated rings. The molecule has 14 rings (SSSR count). The van der Waals surface area contributed by atoms with E-state index in [9.17, 15) is 16.4 Å². The molecule has 86 heavy (non-hydrogen) atoms. The predicted octanol–water partition coefficient (Wildman–Crippen LogP) is 16.2. The minimum Gasteiger partial charge on any atom is -0.510 e. The third kappa shape index (κ3) is 9.83. The van der Waals surface area contributed by atoms with E-state index in [0.29, 0.717) is 27.4 Å². The van der Waals surface area contributed by atoms with Crippen molar-refractivity contribution in [3.8, 4) is 62.1 Å². The number of para-hydroxylation sites is 2. The molecule has 0 saturated heterocycles. The Balaban J connectivity index is 0.0000115. The van der Waals surface area contributed by atoms with Gasteiger partial charge in [0.05, 0.1) is 44.1 Å². The summed E-state index contributed by atoms with van der Waals surface area (Å²) in [6.07, 6.45) is 4.58. The van der Waals surface area contributed by atoms with E-state index in [1.807, 2.05) is 39.0 Å². The van der Waals surface area contributed by atoms with Gasteiger partial charge in [0.2, 0.25) is 0 Å². The number of aromatic nitrogens is 4. The summed E-state index contributed by atoms with van der Waals surface area (Å²) in [7, 11) is -6.05. The van der Waals surface area contributed by atoms with Gasteiger partial charge in [-0.3, -0.25) is 4.57 Å². The summed E-state index contributed by atoms with van der Waals surface area (Å²) in [6, 6.07) is 24.7. The van der Waals surface area contributed by atoms with E-state index in [1.54, 1.807) is 65.2 Å². The normalized spacial score (nSPS) is 17.0. The van der Waals surface area contributed by atoms with Crippen LogP contribution in [0.2, 0.25) is 0 Å². The van der Waals surface area contributed by atoms with Crippen LogP contribution < -0.4 is 30.1 Å². The van der Waals surface area contributed by atoms with Crippen LogP contribution in [0, 0.1) is 39.0 Å². The minimum atomic E-state index is -6.05. The van der Waals surface area contributed by atoms with E-state index in [0.717, 1.165) is 11.8 Å². The topological polar surface area (TPSA) is 35.9 Å². The molecule has 0 aliphatic heterocycles. The Bertz CT molecular complexity index is 6130. The Kier molecular flexibility index (Phi) is 8.40. The summed E-state index contributed by atoms with van der Waals surface area (Å²) in [5.74, 6) is 0.0401. The van der Waals surface area contributed by atoms with Crippen LogP contribution in [0.5, 0.6) is 11.5 Å². The van der Waals surface area contributed by atoms with Gasteiger partial charge in [0.25, 0.3) is 6.33 Å². The number of nitrogens with zero attached hydrogens (tertiary/aromatic N) is 4. The van der Waals surface area contributed by atoms with Gasteiger partial charge >= 0.3 is 0 Å². The molecule has 0 unspecified atom stereocenters. The standard InChI is InChI=1S/C79H62N4OSi.Pt/c1-54-25-21-26-55(2)77(54)59-43-46-72-74(49-59)81(61-31-23-32-62(50-61)84-63-44-45-69-68-39-19-20-41-71(68)83(73(69)51-63)76-47-56(3)70(52-80-76)57-27-11-7-12-28-57)53-82(72)78-67(58-29-22-30-60(48-58)79(4,5)6)40-24-42-75(78)85(64-33-13-8-14-34-64,65-35-15-9-16-36-65)66-37-17-10-18-38-66;/h7-49,52H,1-6H3;/q-2;/i1D3,2D3,3D3,7D,8D,9D,10D,11D,12D,13D,14D,15D,16D,17D,18D,27D,28D,33D,34D,35D,36D,37D,38D;. The average Bonchev–Trinajstić information content (AvgIpc) is 1.04. The first-order valence-corrected chi connectivity index (χ1v) is 28.8. The van der Waals surface area contributed by atoms with Crippen molar-refractivity contribution in [2.45, 2.75) is 46.7 Å². The fourth-order valence-corrected chi connectivity index (χ4v) is 15.1. The fraction of sp³-hybridized carbons (Fsp3) is 0.0886. The molecule has 0 aliphatic rings. The van der Waals surface area contributed by atoms with E-state index in [1.165, 1.54) is 69.8 Å². The number of imidazole rings is 1. The molecule has 5 nitrogen and oxygen atoms in total. The van der Waals surface area contributed by atoms with E-state index in [2.05, 4.69) is 23.4 Å². The molecular weight excluding hydrogens is 1240 g/mol. The van der Waals surface area contributed by atoms with E-state index < -0.39 is 170 Å². The van der Waals surface area contributed by atoms with Crippen LogP contribution in [0.15, 0.2) is 267 Å². The number of aryl methyl sites for hydroxylation is 3. The van der Waals surface area contributed by atoms with Crippen LogP contribution in [0.1, 0.15) is 82.8 Å². The number of rotatable bonds is 12. The van der Waals surface area contributed by atoms with E-state index in [4.69, 9.17) is 28.0 Å². The second-order valence-corrected chi connectivity index (χ2v) is 24.6. The number of hydrogen-bond donors (Lipinski definition) is 0. The molecule has 0 atom stereocenters. The molecule has 420 valence electrons. The van der Waals surface area contributed by atoms with Crippen molar-refractivity contribution < 1.29 is 70.1 Å². The average molecular weight is 1340 g/mol. The molecule has 0 N–H and O–H groups in total. The molecule has 0 spiro atoms. The number of pyridine rings is 1. The van der Waals surface area contributed by atoms with Gasteiger partial charge in [-0.15, -0.1) is 29.7 Å². The smallest absolute Gasteiger partial charge is 0.268 e. The molecule has 0 bridgehead atoms. The van der Waals surface area contributed by atoms with Gasteiger partial charge in [0.1, 0.15) is 5.82 Å². The molecule has 0 saturated carbocycles. The maximum Gasteiger partial charge on any atom is 0.268 e. The largest absolute Gasteiger partial charge is 0.510 e. The fourth-order valence-electron chi connectivity index (χ4n) is 11.1. The van der Waals surface area contributed by atoms with Gasteiger partial charge in [0.15, 0.2) is 8.07 Å². The quantitative estimate of drug-likeness (QED) is 0.0529. The maximum absolute atomic E-state index is 10.1. The summed E-state index contributed by atoms with van der Waals surface area (Å²) in [6.45, 7) is -2.96. The van der Waals surface area contributed by atoms with Crippen LogP contribution in [0.25, 0.3) is 83.4 Å². The van der Waals surface area contributed by atoms with E-state index >= 15 is 0 Å². The monoisotopic (exact) mass is 1330 g/mol. The third-order valence-corrected chi connectivity index (χ3v) is 19.2. The molecule has 14 aromatic rings. The summed E-state index contributed by atoms with van der Waals surface area (Å²) in [5.41, 5.74) is -0.290. The van der Waals surface area contributed by atoms with Crippen molar-refractivity contribution in [2.75, 3.05) is 0 Å². The van der Waals surface area contributed by atoms with Crippen LogP contribution in [0.3, 0.4) is 0 Å².